The van der Waals surface area contributed by atoms with E-state index in [0.29, 0.717) is 32.6 Å². The zero-order valence-electron chi connectivity index (χ0n) is 12.0. The monoisotopic (exact) mass is 289 g/mol. The molecule has 0 bridgehead atoms. The summed E-state index contributed by atoms with van der Waals surface area (Å²) in [5.74, 6) is 1.76. The summed E-state index contributed by atoms with van der Waals surface area (Å²) in [6.07, 6.45) is 4.50. The lowest BCUT2D eigenvalue weighted by atomic mass is 10.1. The van der Waals surface area contributed by atoms with Gasteiger partial charge in [-0.1, -0.05) is 0 Å². The number of furan rings is 1. The van der Waals surface area contributed by atoms with Crippen LogP contribution >= 0.6 is 0 Å². The van der Waals surface area contributed by atoms with E-state index in [1.165, 1.54) is 0 Å². The molecule has 3 heterocycles. The van der Waals surface area contributed by atoms with Crippen molar-refractivity contribution in [1.82, 2.24) is 14.9 Å². The Balaban J connectivity index is 1.67. The fraction of sp³-hybridized carbons (Fsp3) is 0.467. The van der Waals surface area contributed by atoms with Crippen LogP contribution in [0.3, 0.4) is 0 Å². The molecule has 1 fully saturated rings. The molecule has 1 saturated heterocycles. The SMILES string of the molecule is Cc1ccc([C@@H]2COCCN2C(=O)CCc2cnc[nH]2)o1. The van der Waals surface area contributed by atoms with Gasteiger partial charge in [-0.05, 0) is 25.5 Å². The summed E-state index contributed by atoms with van der Waals surface area (Å²) in [4.78, 5) is 21.3. The number of hydrogen-bond donors (Lipinski definition) is 1. The van der Waals surface area contributed by atoms with Gasteiger partial charge in [0.1, 0.15) is 17.6 Å². The van der Waals surface area contributed by atoms with Crippen LogP contribution in [0.4, 0.5) is 0 Å². The minimum absolute atomic E-state index is 0.118. The maximum Gasteiger partial charge on any atom is 0.223 e. The molecule has 21 heavy (non-hydrogen) atoms. The Morgan fingerprint density at radius 2 is 2.43 bits per heavy atom. The van der Waals surface area contributed by atoms with Crippen molar-refractivity contribution in [3.8, 4) is 0 Å². The van der Waals surface area contributed by atoms with Crippen LogP contribution in [0.5, 0.6) is 0 Å². The molecule has 6 nitrogen and oxygen atoms in total. The molecule has 2 aromatic heterocycles. The maximum absolute atomic E-state index is 12.5. The Morgan fingerprint density at radius 3 is 3.14 bits per heavy atom. The summed E-state index contributed by atoms with van der Waals surface area (Å²) >= 11 is 0. The van der Waals surface area contributed by atoms with Crippen LogP contribution in [0.25, 0.3) is 0 Å². The average Bonchev–Trinajstić information content (AvgIpc) is 3.16. The molecule has 0 unspecified atom stereocenters. The third kappa shape index (κ3) is 3.16. The van der Waals surface area contributed by atoms with E-state index in [2.05, 4.69) is 9.97 Å². The lowest BCUT2D eigenvalue weighted by molar-refractivity contribution is -0.141. The molecular weight excluding hydrogens is 270 g/mol. The van der Waals surface area contributed by atoms with Gasteiger partial charge >= 0.3 is 0 Å². The lowest BCUT2D eigenvalue weighted by Crippen LogP contribution is -2.43. The van der Waals surface area contributed by atoms with Gasteiger partial charge in [0.05, 0.1) is 19.5 Å². The highest BCUT2D eigenvalue weighted by Crippen LogP contribution is 2.26. The molecule has 0 radical (unpaired) electrons. The number of amides is 1. The number of carbonyl (C=O) groups excluding carboxylic acids is 1. The van der Waals surface area contributed by atoms with Gasteiger partial charge in [-0.2, -0.15) is 0 Å². The number of morpholine rings is 1. The Hall–Kier alpha value is -2.08. The van der Waals surface area contributed by atoms with E-state index in [-0.39, 0.29) is 11.9 Å². The molecule has 1 amide bonds. The van der Waals surface area contributed by atoms with Crippen molar-refractivity contribution in [2.24, 2.45) is 0 Å². The third-order valence-electron chi connectivity index (χ3n) is 3.70. The first-order valence-electron chi connectivity index (χ1n) is 7.15. The number of aryl methyl sites for hydroxylation is 2. The second kappa shape index (κ2) is 6.13. The number of nitrogens with one attached hydrogen (secondary N) is 1. The van der Waals surface area contributed by atoms with Crippen LogP contribution in [0.1, 0.15) is 29.7 Å². The number of rotatable bonds is 4. The van der Waals surface area contributed by atoms with Crippen molar-refractivity contribution in [3.63, 3.8) is 0 Å². The van der Waals surface area contributed by atoms with Crippen molar-refractivity contribution in [2.45, 2.75) is 25.8 Å². The Bertz CT molecular complexity index is 591. The Morgan fingerprint density at radius 1 is 1.52 bits per heavy atom. The quantitative estimate of drug-likeness (QED) is 0.932. The van der Waals surface area contributed by atoms with Crippen molar-refractivity contribution >= 4 is 5.91 Å². The first-order valence-corrected chi connectivity index (χ1v) is 7.15. The van der Waals surface area contributed by atoms with Crippen molar-refractivity contribution in [1.29, 1.82) is 0 Å². The molecular formula is C15H19N3O3. The summed E-state index contributed by atoms with van der Waals surface area (Å²) in [7, 11) is 0. The Labute approximate surface area is 123 Å². The highest BCUT2D eigenvalue weighted by atomic mass is 16.5. The molecule has 1 atom stereocenters. The molecule has 1 N–H and O–H groups in total. The van der Waals surface area contributed by atoms with Gasteiger partial charge in [0.15, 0.2) is 0 Å². The number of nitrogens with zero attached hydrogens (tertiary/aromatic N) is 2. The van der Waals surface area contributed by atoms with Crippen LogP contribution in [0, 0.1) is 6.92 Å². The summed E-state index contributed by atoms with van der Waals surface area (Å²) < 4.78 is 11.2. The van der Waals surface area contributed by atoms with Crippen LogP contribution in [0.2, 0.25) is 0 Å². The van der Waals surface area contributed by atoms with E-state index in [1.54, 1.807) is 12.5 Å². The van der Waals surface area contributed by atoms with Gasteiger partial charge in [0, 0.05) is 24.9 Å². The topological polar surface area (TPSA) is 71.4 Å². The average molecular weight is 289 g/mol. The number of hydrogen-bond acceptors (Lipinski definition) is 4. The fourth-order valence-corrected chi connectivity index (χ4v) is 2.58. The van der Waals surface area contributed by atoms with Gasteiger partial charge in [-0.25, -0.2) is 4.98 Å². The second-order valence-corrected chi connectivity index (χ2v) is 5.20. The highest BCUT2D eigenvalue weighted by molar-refractivity contribution is 5.77. The minimum Gasteiger partial charge on any atom is -0.464 e. The molecule has 0 saturated carbocycles. The van der Waals surface area contributed by atoms with Crippen LogP contribution in [-0.2, 0) is 16.0 Å². The molecule has 112 valence electrons. The predicted molar refractivity (Wildman–Crippen MR) is 75.6 cm³/mol. The van der Waals surface area contributed by atoms with Gasteiger partial charge < -0.3 is 19.0 Å². The molecule has 3 rings (SSSR count). The van der Waals surface area contributed by atoms with Gasteiger partial charge in [0.2, 0.25) is 5.91 Å². The van der Waals surface area contributed by atoms with Gasteiger partial charge in [0.25, 0.3) is 0 Å². The molecule has 0 spiro atoms. The van der Waals surface area contributed by atoms with E-state index in [9.17, 15) is 4.79 Å². The van der Waals surface area contributed by atoms with E-state index >= 15 is 0 Å². The first-order chi connectivity index (χ1) is 10.2. The van der Waals surface area contributed by atoms with E-state index in [1.807, 2.05) is 24.0 Å². The molecule has 0 aromatic carbocycles. The van der Waals surface area contributed by atoms with Gasteiger partial charge in [-0.15, -0.1) is 0 Å². The second-order valence-electron chi connectivity index (χ2n) is 5.20. The van der Waals surface area contributed by atoms with Crippen molar-refractivity contribution < 1.29 is 13.9 Å². The number of aromatic amines is 1. The third-order valence-corrected chi connectivity index (χ3v) is 3.70. The molecule has 0 aliphatic carbocycles. The largest absolute Gasteiger partial charge is 0.464 e. The number of ether oxygens (including phenoxy) is 1. The standard InChI is InChI=1S/C15H19N3O3/c1-11-2-4-14(21-11)13-9-20-7-6-18(13)15(19)5-3-12-8-16-10-17-12/h2,4,8,10,13H,3,5-7,9H2,1H3,(H,16,17)/t13-/m0/s1. The highest BCUT2D eigenvalue weighted by Gasteiger charge is 2.30. The molecule has 2 aromatic rings. The van der Waals surface area contributed by atoms with Crippen molar-refractivity contribution in [2.75, 3.05) is 19.8 Å². The van der Waals surface area contributed by atoms with Crippen molar-refractivity contribution in [3.05, 3.63) is 41.9 Å². The first kappa shape index (κ1) is 13.9. The fourth-order valence-electron chi connectivity index (χ4n) is 2.58. The summed E-state index contributed by atoms with van der Waals surface area (Å²) in [6, 6.07) is 3.71. The maximum atomic E-state index is 12.5. The Kier molecular flexibility index (Phi) is 4.06. The smallest absolute Gasteiger partial charge is 0.223 e. The van der Waals surface area contributed by atoms with Crippen LogP contribution in [0.15, 0.2) is 29.1 Å². The van der Waals surface area contributed by atoms with E-state index in [4.69, 9.17) is 9.15 Å². The normalized spacial score (nSPS) is 18.9. The summed E-state index contributed by atoms with van der Waals surface area (Å²) in [5.41, 5.74) is 0.974. The summed E-state index contributed by atoms with van der Waals surface area (Å²) in [5, 5.41) is 0. The summed E-state index contributed by atoms with van der Waals surface area (Å²) in [6.45, 7) is 3.57. The number of aromatic nitrogens is 2. The van der Waals surface area contributed by atoms with E-state index < -0.39 is 0 Å². The predicted octanol–water partition coefficient (Wildman–Crippen LogP) is 1.84. The number of imidazole rings is 1. The van der Waals surface area contributed by atoms with E-state index in [0.717, 1.165) is 17.2 Å². The number of carbonyl (C=O) groups is 1. The van der Waals surface area contributed by atoms with Gasteiger partial charge in [-0.3, -0.25) is 4.79 Å². The molecule has 1 aliphatic heterocycles. The molecule has 1 aliphatic rings. The zero-order chi connectivity index (χ0) is 14.7. The van der Waals surface area contributed by atoms with Crippen LogP contribution < -0.4 is 0 Å². The number of H-pyrrole nitrogens is 1. The molecule has 6 heteroatoms. The minimum atomic E-state index is -0.123. The van der Waals surface area contributed by atoms with Crippen LogP contribution in [-0.4, -0.2) is 40.5 Å². The zero-order valence-corrected chi connectivity index (χ0v) is 12.0. The lowest BCUT2D eigenvalue weighted by Gasteiger charge is -2.34.